The molecule has 0 bridgehead atoms. The van der Waals surface area contributed by atoms with Crippen LogP contribution in [0.5, 0.6) is 0 Å². The minimum absolute atomic E-state index is 1.24. The van der Waals surface area contributed by atoms with Crippen LogP contribution in [0, 0.1) is 0 Å². The maximum Gasteiger partial charge on any atom is 0.0434 e. The third-order valence-corrected chi connectivity index (χ3v) is 15.0. The zero-order chi connectivity index (χ0) is 39.3. The molecule has 13 rings (SSSR count). The first-order chi connectivity index (χ1) is 29.8. The molecule has 0 atom stereocenters. The van der Waals surface area contributed by atoms with Crippen molar-refractivity contribution < 1.29 is 0 Å². The van der Waals surface area contributed by atoms with Crippen LogP contribution in [0.1, 0.15) is 0 Å². The first-order valence-corrected chi connectivity index (χ1v) is 22.2. The first-order valence-electron chi connectivity index (χ1n) is 20.6. The van der Waals surface area contributed by atoms with Crippen LogP contribution in [-0.4, -0.2) is 0 Å². The molecule has 0 aliphatic rings. The molecule has 278 valence electrons. The van der Waals surface area contributed by atoms with E-state index < -0.39 is 0 Å². The topological polar surface area (TPSA) is 0 Å². The SMILES string of the molecule is c1ccc(-c2c3ccccc3c(-c3cccc4c3sc3cc(-c5c6ccccc6c(-c6ccc7sc8ccccc8c7c6)c6ccccc56)ccc34)c3ccccc23)cc1. The van der Waals surface area contributed by atoms with Crippen LogP contribution in [-0.2, 0) is 0 Å². The number of benzene rings is 11. The van der Waals surface area contributed by atoms with E-state index in [2.05, 4.69) is 206 Å². The summed E-state index contributed by atoms with van der Waals surface area (Å²) >= 11 is 3.80. The Labute approximate surface area is 354 Å². The predicted molar refractivity (Wildman–Crippen MR) is 264 cm³/mol. The van der Waals surface area contributed by atoms with Crippen LogP contribution in [0.3, 0.4) is 0 Å². The van der Waals surface area contributed by atoms with Crippen molar-refractivity contribution in [2.75, 3.05) is 0 Å². The largest absolute Gasteiger partial charge is 0.135 e. The van der Waals surface area contributed by atoms with Gasteiger partial charge in [-0.15, -0.1) is 22.7 Å². The molecule has 0 spiro atoms. The van der Waals surface area contributed by atoms with E-state index in [0.717, 1.165) is 0 Å². The predicted octanol–water partition coefficient (Wildman–Crippen LogP) is 17.7. The van der Waals surface area contributed by atoms with Gasteiger partial charge in [-0.2, -0.15) is 0 Å². The Bertz CT molecular complexity index is 3770. The maximum absolute atomic E-state index is 2.45. The van der Waals surface area contributed by atoms with Gasteiger partial charge in [0.05, 0.1) is 0 Å². The molecule has 11 aromatic carbocycles. The monoisotopic (exact) mass is 794 g/mol. The summed E-state index contributed by atoms with van der Waals surface area (Å²) in [6.07, 6.45) is 0. The van der Waals surface area contributed by atoms with E-state index in [-0.39, 0.29) is 0 Å². The molecular weight excluding hydrogens is 761 g/mol. The van der Waals surface area contributed by atoms with E-state index in [0.29, 0.717) is 0 Å². The van der Waals surface area contributed by atoms with Crippen molar-refractivity contribution in [3.63, 3.8) is 0 Å². The zero-order valence-corrected chi connectivity index (χ0v) is 34.1. The Morgan fingerprint density at radius 3 is 1.25 bits per heavy atom. The Hall–Kier alpha value is -7.10. The van der Waals surface area contributed by atoms with E-state index in [1.807, 2.05) is 22.7 Å². The molecule has 2 heteroatoms. The van der Waals surface area contributed by atoms with E-state index in [1.165, 1.54) is 128 Å². The van der Waals surface area contributed by atoms with E-state index >= 15 is 0 Å². The normalized spacial score (nSPS) is 12.0. The van der Waals surface area contributed by atoms with Crippen molar-refractivity contribution in [2.24, 2.45) is 0 Å². The van der Waals surface area contributed by atoms with Gasteiger partial charge >= 0.3 is 0 Å². The quantitative estimate of drug-likeness (QED) is 0.156. The Kier molecular flexibility index (Phi) is 7.45. The second-order valence-corrected chi connectivity index (χ2v) is 18.0. The molecule has 0 amide bonds. The molecule has 13 aromatic rings. The summed E-state index contributed by atoms with van der Waals surface area (Å²) in [6, 6.07) is 76.8. The van der Waals surface area contributed by atoms with Gasteiger partial charge in [0.15, 0.2) is 0 Å². The van der Waals surface area contributed by atoms with Crippen molar-refractivity contribution in [1.29, 1.82) is 0 Å². The van der Waals surface area contributed by atoms with Gasteiger partial charge in [0.2, 0.25) is 0 Å². The number of rotatable bonds is 4. The highest BCUT2D eigenvalue weighted by Gasteiger charge is 2.21. The first kappa shape index (κ1) is 33.8. The summed E-state index contributed by atoms with van der Waals surface area (Å²) in [4.78, 5) is 0. The molecule has 0 fully saturated rings. The second-order valence-electron chi connectivity index (χ2n) is 15.9. The summed E-state index contributed by atoms with van der Waals surface area (Å²) in [5.41, 5.74) is 10.2. The second kappa shape index (κ2) is 13.2. The Morgan fingerprint density at radius 2 is 0.650 bits per heavy atom. The zero-order valence-electron chi connectivity index (χ0n) is 32.4. The van der Waals surface area contributed by atoms with Gasteiger partial charge in [0, 0.05) is 45.9 Å². The van der Waals surface area contributed by atoms with Crippen molar-refractivity contribution in [2.45, 2.75) is 0 Å². The minimum Gasteiger partial charge on any atom is -0.135 e. The highest BCUT2D eigenvalue weighted by molar-refractivity contribution is 7.26. The van der Waals surface area contributed by atoms with Gasteiger partial charge in [0.1, 0.15) is 0 Å². The van der Waals surface area contributed by atoms with Crippen LogP contribution in [0.2, 0.25) is 0 Å². The molecule has 2 aromatic heterocycles. The molecule has 0 saturated carbocycles. The molecule has 0 unspecified atom stereocenters. The molecule has 0 N–H and O–H groups in total. The summed E-state index contributed by atoms with van der Waals surface area (Å²) in [5, 5.41) is 15.5. The van der Waals surface area contributed by atoms with Gasteiger partial charge in [-0.1, -0.05) is 182 Å². The van der Waals surface area contributed by atoms with Crippen LogP contribution in [0.4, 0.5) is 0 Å². The van der Waals surface area contributed by atoms with Crippen molar-refractivity contribution in [1.82, 2.24) is 0 Å². The van der Waals surface area contributed by atoms with Crippen LogP contribution in [0.15, 0.2) is 206 Å². The van der Waals surface area contributed by atoms with Crippen LogP contribution >= 0.6 is 22.7 Å². The molecular formula is C58H34S2. The smallest absolute Gasteiger partial charge is 0.0434 e. The lowest BCUT2D eigenvalue weighted by Gasteiger charge is -2.18. The van der Waals surface area contributed by atoms with Crippen LogP contribution < -0.4 is 0 Å². The Balaban J connectivity index is 1.04. The van der Waals surface area contributed by atoms with Gasteiger partial charge in [-0.25, -0.2) is 0 Å². The highest BCUT2D eigenvalue weighted by atomic mass is 32.1. The lowest BCUT2D eigenvalue weighted by molar-refractivity contribution is 1.67. The minimum atomic E-state index is 1.24. The van der Waals surface area contributed by atoms with E-state index in [9.17, 15) is 0 Å². The molecule has 0 aliphatic heterocycles. The van der Waals surface area contributed by atoms with Gasteiger partial charge in [0.25, 0.3) is 0 Å². The van der Waals surface area contributed by atoms with E-state index in [4.69, 9.17) is 0 Å². The van der Waals surface area contributed by atoms with Gasteiger partial charge in [-0.3, -0.25) is 0 Å². The standard InChI is InChI=1S/C58H34S2/c1-2-15-35(16-3-1)54-44-22-8-10-24-46(44)57(47-25-11-9-23-45(47)54)49-27-14-26-48-39-31-29-37(34-53(39)60-58(48)49)56-42-20-6-4-18-40(42)55(41-19-5-7-21-43(41)56)36-30-32-52-50(33-36)38-17-12-13-28-51(38)59-52/h1-34H. The average molecular weight is 795 g/mol. The lowest BCUT2D eigenvalue weighted by atomic mass is 9.85. The molecule has 0 nitrogen and oxygen atoms in total. The van der Waals surface area contributed by atoms with Gasteiger partial charge in [-0.05, 0) is 106 Å². The molecule has 0 aliphatic carbocycles. The summed E-state index contributed by atoms with van der Waals surface area (Å²) in [6.45, 7) is 0. The Morgan fingerprint density at radius 1 is 0.217 bits per heavy atom. The highest BCUT2D eigenvalue weighted by Crippen LogP contribution is 2.50. The summed E-state index contributed by atoms with van der Waals surface area (Å²) in [5.74, 6) is 0. The molecule has 2 heterocycles. The summed E-state index contributed by atoms with van der Waals surface area (Å²) in [7, 11) is 0. The van der Waals surface area contributed by atoms with E-state index in [1.54, 1.807) is 0 Å². The van der Waals surface area contributed by atoms with Crippen molar-refractivity contribution >= 4 is 106 Å². The molecule has 60 heavy (non-hydrogen) atoms. The van der Waals surface area contributed by atoms with Crippen molar-refractivity contribution in [3.8, 4) is 44.5 Å². The number of hydrogen-bond donors (Lipinski definition) is 0. The maximum atomic E-state index is 2.45. The third kappa shape index (κ3) is 4.96. The fourth-order valence-electron chi connectivity index (χ4n) is 10.1. The number of fused-ring (bicyclic) bond motifs is 10. The lowest BCUT2D eigenvalue weighted by Crippen LogP contribution is -1.90. The summed E-state index contributed by atoms with van der Waals surface area (Å²) < 4.78 is 5.29. The third-order valence-electron chi connectivity index (χ3n) is 12.6. The fourth-order valence-corrected chi connectivity index (χ4v) is 12.5. The van der Waals surface area contributed by atoms with Gasteiger partial charge < -0.3 is 0 Å². The molecule has 0 saturated heterocycles. The fraction of sp³-hybridized carbons (Fsp3) is 0. The van der Waals surface area contributed by atoms with Crippen LogP contribution in [0.25, 0.3) is 128 Å². The number of thiophene rings is 2. The number of hydrogen-bond acceptors (Lipinski definition) is 2. The molecule has 0 radical (unpaired) electrons. The van der Waals surface area contributed by atoms with Crippen molar-refractivity contribution in [3.05, 3.63) is 206 Å². The average Bonchev–Trinajstić information content (AvgIpc) is 3.88.